The van der Waals surface area contributed by atoms with E-state index in [0.717, 1.165) is 11.3 Å². The highest BCUT2D eigenvalue weighted by Gasteiger charge is 2.24. The van der Waals surface area contributed by atoms with Crippen LogP contribution in [0.4, 0.5) is 5.69 Å². The van der Waals surface area contributed by atoms with Crippen molar-refractivity contribution in [1.29, 1.82) is 0 Å². The number of H-pyrrole nitrogens is 2. The molecule has 3 rings (SSSR count). The first-order valence-corrected chi connectivity index (χ1v) is 9.88. The predicted molar refractivity (Wildman–Crippen MR) is 106 cm³/mol. The zero-order valence-corrected chi connectivity index (χ0v) is 16.1. The topological polar surface area (TPSA) is 144 Å². The Morgan fingerprint density at radius 1 is 1.03 bits per heavy atom. The first-order valence-electron chi connectivity index (χ1n) is 8.02. The van der Waals surface area contributed by atoms with Crippen LogP contribution in [0.3, 0.4) is 0 Å². The largest absolute Gasteiger partial charge is 0.325 e. The van der Waals surface area contributed by atoms with Crippen molar-refractivity contribution >= 4 is 33.2 Å². The molecule has 1 aromatic heterocycles. The molecule has 4 N–H and O–H groups in total. The molecule has 10 nitrogen and oxygen atoms in total. The molecule has 0 atom stereocenters. The smallest absolute Gasteiger partial charge is 0.313 e. The van der Waals surface area contributed by atoms with E-state index in [1.807, 2.05) is 4.98 Å². The van der Waals surface area contributed by atoms with Crippen LogP contribution in [0.2, 0.25) is 5.02 Å². The van der Waals surface area contributed by atoms with Gasteiger partial charge in [-0.1, -0.05) is 35.9 Å². The molecule has 2 aromatic carbocycles. The summed E-state index contributed by atoms with van der Waals surface area (Å²) < 4.78 is 25.3. The lowest BCUT2D eigenvalue weighted by atomic mass is 10.2. The zero-order chi connectivity index (χ0) is 21.0. The summed E-state index contributed by atoms with van der Waals surface area (Å²) in [6, 6.07) is 14.0. The molecule has 0 saturated heterocycles. The van der Waals surface area contributed by atoms with Gasteiger partial charge < -0.3 is 4.98 Å². The number of sulfonamides is 1. The fraction of sp³-hybridized carbons (Fsp3) is 0. The van der Waals surface area contributed by atoms with Crippen molar-refractivity contribution in [3.8, 4) is 0 Å². The molecule has 0 bridgehead atoms. The number of halogens is 1. The Labute approximate surface area is 169 Å². The number of hydrogen-bond acceptors (Lipinski definition) is 6. The summed E-state index contributed by atoms with van der Waals surface area (Å²) in [5, 5.41) is 1.09. The number of aromatic nitrogens is 2. The molecule has 0 unspecified atom stereocenters. The van der Waals surface area contributed by atoms with Gasteiger partial charge in [-0.05, 0) is 30.3 Å². The van der Waals surface area contributed by atoms with E-state index >= 15 is 0 Å². The zero-order valence-electron chi connectivity index (χ0n) is 14.5. The molecule has 0 saturated carbocycles. The Morgan fingerprint density at radius 2 is 1.76 bits per heavy atom. The van der Waals surface area contributed by atoms with Crippen LogP contribution < -0.4 is 26.6 Å². The summed E-state index contributed by atoms with van der Waals surface area (Å²) >= 11 is 5.96. The van der Waals surface area contributed by atoms with E-state index in [9.17, 15) is 22.8 Å². The number of aromatic amines is 2. The molecule has 1 heterocycles. The van der Waals surface area contributed by atoms with Gasteiger partial charge in [-0.25, -0.2) is 23.8 Å². The molecule has 1 amide bonds. The van der Waals surface area contributed by atoms with Crippen LogP contribution in [0.5, 0.6) is 0 Å². The van der Waals surface area contributed by atoms with Gasteiger partial charge in [-0.2, -0.15) is 0 Å². The van der Waals surface area contributed by atoms with E-state index < -0.39 is 32.1 Å². The van der Waals surface area contributed by atoms with Gasteiger partial charge in [-0.3, -0.25) is 14.6 Å². The van der Waals surface area contributed by atoms with Crippen LogP contribution in [0.1, 0.15) is 10.4 Å². The van der Waals surface area contributed by atoms with Crippen molar-refractivity contribution in [3.05, 3.63) is 92.2 Å². The fourth-order valence-electron chi connectivity index (χ4n) is 2.28. The van der Waals surface area contributed by atoms with Crippen LogP contribution in [-0.2, 0) is 10.0 Å². The second kappa shape index (κ2) is 8.31. The van der Waals surface area contributed by atoms with Crippen molar-refractivity contribution in [2.45, 2.75) is 4.90 Å². The summed E-state index contributed by atoms with van der Waals surface area (Å²) in [5.41, 5.74) is 0.845. The third-order valence-electron chi connectivity index (χ3n) is 3.60. The number of benzene rings is 2. The number of nitrogens with zero attached hydrogens (tertiary/aromatic N) is 1. The lowest BCUT2D eigenvalue weighted by Gasteiger charge is -2.25. The number of rotatable bonds is 6. The minimum absolute atomic E-state index is 0.172. The highest BCUT2D eigenvalue weighted by molar-refractivity contribution is 7.89. The number of carbonyl (C=O) groups is 1. The van der Waals surface area contributed by atoms with Gasteiger partial charge in [0.2, 0.25) is 0 Å². The Kier molecular flexibility index (Phi) is 5.82. The fourth-order valence-corrected chi connectivity index (χ4v) is 3.46. The second-order valence-corrected chi connectivity index (χ2v) is 7.72. The quantitative estimate of drug-likeness (QED) is 0.421. The van der Waals surface area contributed by atoms with Gasteiger partial charge in [0.1, 0.15) is 0 Å². The summed E-state index contributed by atoms with van der Waals surface area (Å²) in [4.78, 5) is 40.8. The average Bonchev–Trinajstić information content (AvgIpc) is 2.67. The molecule has 3 aromatic rings. The summed E-state index contributed by atoms with van der Waals surface area (Å²) in [7, 11) is -4.49. The van der Waals surface area contributed by atoms with E-state index in [1.54, 1.807) is 30.3 Å². The van der Waals surface area contributed by atoms with E-state index in [0.29, 0.717) is 0 Å². The standard InChI is InChI=1S/C17H14ClN5O5S/c18-12-7-4-8-13(9-12)23(21-15(24)11-5-2-1-3-6-11)22-29(27,28)14-10-19-17(26)20-16(14)25/h1-10,22H,(H,21,24)(H2,19,20,25,26). The normalized spacial score (nSPS) is 11.1. The monoisotopic (exact) mass is 435 g/mol. The van der Waals surface area contributed by atoms with Crippen molar-refractivity contribution in [3.63, 3.8) is 0 Å². The molecule has 0 aliphatic rings. The van der Waals surface area contributed by atoms with Crippen LogP contribution >= 0.6 is 11.6 Å². The van der Waals surface area contributed by atoms with E-state index in [-0.39, 0.29) is 16.3 Å². The number of carbonyl (C=O) groups excluding carboxylic acids is 1. The third-order valence-corrected chi connectivity index (χ3v) is 5.14. The molecule has 0 aliphatic carbocycles. The molecule has 0 aliphatic heterocycles. The molecule has 0 radical (unpaired) electrons. The van der Waals surface area contributed by atoms with Gasteiger partial charge in [0.15, 0.2) is 4.90 Å². The number of hydrogen-bond donors (Lipinski definition) is 4. The molecule has 12 heteroatoms. The van der Waals surface area contributed by atoms with E-state index in [2.05, 4.69) is 15.2 Å². The van der Waals surface area contributed by atoms with Crippen LogP contribution in [0, 0.1) is 0 Å². The van der Waals surface area contributed by atoms with Crippen molar-refractivity contribution in [1.82, 2.24) is 20.2 Å². The summed E-state index contributed by atoms with van der Waals surface area (Å²) in [6.45, 7) is 0. The highest BCUT2D eigenvalue weighted by atomic mass is 35.5. The Hall–Kier alpha value is -3.41. The first kappa shape index (κ1) is 20.3. The van der Waals surface area contributed by atoms with Crippen molar-refractivity contribution < 1.29 is 13.2 Å². The van der Waals surface area contributed by atoms with E-state index in [1.165, 1.54) is 24.3 Å². The molecular weight excluding hydrogens is 422 g/mol. The Morgan fingerprint density at radius 3 is 2.41 bits per heavy atom. The summed E-state index contributed by atoms with van der Waals surface area (Å²) in [5.74, 6) is -0.622. The van der Waals surface area contributed by atoms with Crippen molar-refractivity contribution in [2.24, 2.45) is 0 Å². The maximum Gasteiger partial charge on any atom is 0.325 e. The minimum atomic E-state index is -4.49. The van der Waals surface area contributed by atoms with E-state index in [4.69, 9.17) is 11.6 Å². The van der Waals surface area contributed by atoms with Gasteiger partial charge in [0.05, 0.1) is 5.69 Å². The second-order valence-electron chi connectivity index (χ2n) is 5.65. The third kappa shape index (κ3) is 4.90. The van der Waals surface area contributed by atoms with Gasteiger partial charge in [0, 0.05) is 16.8 Å². The lowest BCUT2D eigenvalue weighted by Crippen LogP contribution is -2.54. The molecule has 0 fully saturated rings. The van der Waals surface area contributed by atoms with Crippen LogP contribution in [0.25, 0.3) is 0 Å². The SMILES string of the molecule is O=C(NN(NS(=O)(=O)c1c[nH]c(=O)[nH]c1=O)c1cccc(Cl)c1)c1ccccc1. The van der Waals surface area contributed by atoms with Gasteiger partial charge >= 0.3 is 5.69 Å². The number of hydrazine groups is 2. The lowest BCUT2D eigenvalue weighted by molar-refractivity contribution is 0.0947. The van der Waals surface area contributed by atoms with Crippen molar-refractivity contribution in [2.75, 3.05) is 5.12 Å². The average molecular weight is 436 g/mol. The van der Waals surface area contributed by atoms with Crippen LogP contribution in [-0.4, -0.2) is 24.3 Å². The maximum atomic E-state index is 12.7. The maximum absolute atomic E-state index is 12.7. The molecule has 29 heavy (non-hydrogen) atoms. The Bertz CT molecular complexity index is 1260. The molecule has 150 valence electrons. The van der Waals surface area contributed by atoms with Crippen LogP contribution in [0.15, 0.2) is 75.3 Å². The number of anilines is 1. The molecule has 0 spiro atoms. The minimum Gasteiger partial charge on any atom is -0.313 e. The summed E-state index contributed by atoms with van der Waals surface area (Å²) in [6.07, 6.45) is 0.749. The first-order chi connectivity index (χ1) is 13.8. The number of nitrogens with one attached hydrogen (secondary N) is 4. The Balaban J connectivity index is 1.98. The van der Waals surface area contributed by atoms with Gasteiger partial charge in [0.25, 0.3) is 21.5 Å². The predicted octanol–water partition coefficient (Wildman–Crippen LogP) is 0.761. The highest BCUT2D eigenvalue weighted by Crippen LogP contribution is 2.18. The molecular formula is C17H14ClN5O5S. The number of amides is 1. The van der Waals surface area contributed by atoms with Gasteiger partial charge in [-0.15, -0.1) is 4.83 Å².